The van der Waals surface area contributed by atoms with Crippen molar-refractivity contribution >= 4 is 11.7 Å². The van der Waals surface area contributed by atoms with Gasteiger partial charge >= 0.3 is 0 Å². The monoisotopic (exact) mass is 247 g/mol. The molecule has 0 bridgehead atoms. The van der Waals surface area contributed by atoms with Gasteiger partial charge in [-0.05, 0) is 25.1 Å². The standard InChI is InChI=1S/C13H21N5/c1-2-6-17-7-9-18(10-8-17)13-11(12(14)15)4-3-5-16-13/h3-5H,2,6-10H2,1H3,(H3,14,15). The minimum Gasteiger partial charge on any atom is -0.384 e. The van der Waals surface area contributed by atoms with Gasteiger partial charge in [0.05, 0.1) is 5.56 Å². The molecule has 0 amide bonds. The molecule has 0 aromatic carbocycles. The van der Waals surface area contributed by atoms with Crippen LogP contribution in [-0.2, 0) is 0 Å². The molecule has 1 aromatic rings. The molecule has 1 aliphatic heterocycles. The van der Waals surface area contributed by atoms with E-state index in [0.717, 1.165) is 44.1 Å². The molecule has 1 saturated heterocycles. The lowest BCUT2D eigenvalue weighted by atomic mass is 10.2. The maximum Gasteiger partial charge on any atom is 0.139 e. The van der Waals surface area contributed by atoms with Crippen LogP contribution in [0.3, 0.4) is 0 Å². The molecule has 2 heterocycles. The number of pyridine rings is 1. The van der Waals surface area contributed by atoms with Crippen molar-refractivity contribution in [3.63, 3.8) is 0 Å². The molecule has 5 nitrogen and oxygen atoms in total. The molecule has 0 unspecified atom stereocenters. The van der Waals surface area contributed by atoms with E-state index in [1.165, 1.54) is 6.42 Å². The minimum atomic E-state index is 0.0917. The molecule has 2 rings (SSSR count). The van der Waals surface area contributed by atoms with E-state index in [-0.39, 0.29) is 5.84 Å². The summed E-state index contributed by atoms with van der Waals surface area (Å²) in [6, 6.07) is 3.69. The average molecular weight is 247 g/mol. The van der Waals surface area contributed by atoms with Crippen LogP contribution < -0.4 is 10.6 Å². The molecule has 0 saturated carbocycles. The molecule has 18 heavy (non-hydrogen) atoms. The highest BCUT2D eigenvalue weighted by Gasteiger charge is 2.20. The summed E-state index contributed by atoms with van der Waals surface area (Å²) in [5, 5.41) is 7.60. The summed E-state index contributed by atoms with van der Waals surface area (Å²) in [5.41, 5.74) is 6.34. The van der Waals surface area contributed by atoms with Gasteiger partial charge in [0.15, 0.2) is 0 Å². The first kappa shape index (κ1) is 12.8. The van der Waals surface area contributed by atoms with E-state index >= 15 is 0 Å². The first-order valence-corrected chi connectivity index (χ1v) is 6.49. The van der Waals surface area contributed by atoms with Crippen LogP contribution >= 0.6 is 0 Å². The van der Waals surface area contributed by atoms with E-state index in [9.17, 15) is 0 Å². The average Bonchev–Trinajstić information content (AvgIpc) is 2.40. The van der Waals surface area contributed by atoms with Crippen molar-refractivity contribution in [1.29, 1.82) is 5.41 Å². The third-order valence-electron chi connectivity index (χ3n) is 3.29. The highest BCUT2D eigenvalue weighted by molar-refractivity contribution is 5.99. The number of anilines is 1. The van der Waals surface area contributed by atoms with Crippen LogP contribution in [0.25, 0.3) is 0 Å². The Balaban J connectivity index is 2.07. The highest BCUT2D eigenvalue weighted by Crippen LogP contribution is 2.18. The number of hydrogen-bond acceptors (Lipinski definition) is 4. The van der Waals surface area contributed by atoms with Crippen molar-refractivity contribution < 1.29 is 0 Å². The van der Waals surface area contributed by atoms with Gasteiger partial charge in [0.1, 0.15) is 11.7 Å². The fraction of sp³-hybridized carbons (Fsp3) is 0.538. The van der Waals surface area contributed by atoms with Crippen molar-refractivity contribution in [1.82, 2.24) is 9.88 Å². The number of nitrogens with two attached hydrogens (primary N) is 1. The normalized spacial score (nSPS) is 16.8. The number of nitrogens with one attached hydrogen (secondary N) is 1. The molecule has 0 radical (unpaired) electrons. The van der Waals surface area contributed by atoms with E-state index in [0.29, 0.717) is 0 Å². The summed E-state index contributed by atoms with van der Waals surface area (Å²) >= 11 is 0. The third kappa shape index (κ3) is 2.79. The fourth-order valence-corrected chi connectivity index (χ4v) is 2.36. The molecule has 5 heteroatoms. The molecule has 1 aliphatic rings. The number of amidine groups is 1. The van der Waals surface area contributed by atoms with Gasteiger partial charge in [0, 0.05) is 32.4 Å². The number of nitrogen functional groups attached to an aromatic ring is 1. The first-order valence-electron chi connectivity index (χ1n) is 6.49. The lowest BCUT2D eigenvalue weighted by Crippen LogP contribution is -2.47. The lowest BCUT2D eigenvalue weighted by Gasteiger charge is -2.35. The zero-order valence-corrected chi connectivity index (χ0v) is 10.9. The van der Waals surface area contributed by atoms with Crippen LogP contribution in [0, 0.1) is 5.41 Å². The Kier molecular flexibility index (Phi) is 4.15. The van der Waals surface area contributed by atoms with Crippen LogP contribution in [0.2, 0.25) is 0 Å². The second-order valence-corrected chi connectivity index (χ2v) is 4.62. The number of nitrogens with zero attached hydrogens (tertiary/aromatic N) is 3. The summed E-state index contributed by atoms with van der Waals surface area (Å²) in [7, 11) is 0. The van der Waals surface area contributed by atoms with Crippen molar-refractivity contribution in [2.75, 3.05) is 37.6 Å². The molecule has 3 N–H and O–H groups in total. The molecule has 1 aromatic heterocycles. The Morgan fingerprint density at radius 3 is 2.72 bits per heavy atom. The molecular weight excluding hydrogens is 226 g/mol. The van der Waals surface area contributed by atoms with E-state index < -0.39 is 0 Å². The fourth-order valence-electron chi connectivity index (χ4n) is 2.36. The topological polar surface area (TPSA) is 69.2 Å². The second kappa shape index (κ2) is 5.82. The summed E-state index contributed by atoms with van der Waals surface area (Å²) in [4.78, 5) is 9.07. The van der Waals surface area contributed by atoms with Gasteiger partial charge in [-0.1, -0.05) is 6.92 Å². The van der Waals surface area contributed by atoms with Gasteiger partial charge in [0.2, 0.25) is 0 Å². The van der Waals surface area contributed by atoms with Crippen molar-refractivity contribution in [3.8, 4) is 0 Å². The zero-order valence-electron chi connectivity index (χ0n) is 10.9. The van der Waals surface area contributed by atoms with Crippen LogP contribution in [0.5, 0.6) is 0 Å². The van der Waals surface area contributed by atoms with Crippen molar-refractivity contribution in [3.05, 3.63) is 23.9 Å². The summed E-state index contributed by atoms with van der Waals surface area (Å²) in [6.45, 7) is 7.40. The predicted octanol–water partition coefficient (Wildman–Crippen LogP) is 0.898. The zero-order chi connectivity index (χ0) is 13.0. The summed E-state index contributed by atoms with van der Waals surface area (Å²) in [5.74, 6) is 0.940. The largest absolute Gasteiger partial charge is 0.384 e. The molecule has 0 atom stereocenters. The maximum absolute atomic E-state index is 7.60. The maximum atomic E-state index is 7.60. The van der Waals surface area contributed by atoms with Gasteiger partial charge in [-0.2, -0.15) is 0 Å². The van der Waals surface area contributed by atoms with Gasteiger partial charge in [-0.3, -0.25) is 10.3 Å². The van der Waals surface area contributed by atoms with Crippen LogP contribution in [0.4, 0.5) is 5.82 Å². The predicted molar refractivity (Wildman–Crippen MR) is 74.2 cm³/mol. The highest BCUT2D eigenvalue weighted by atomic mass is 15.3. The number of hydrogen-bond donors (Lipinski definition) is 2. The first-order chi connectivity index (χ1) is 8.72. The Morgan fingerprint density at radius 1 is 1.39 bits per heavy atom. The minimum absolute atomic E-state index is 0.0917. The number of aromatic nitrogens is 1. The van der Waals surface area contributed by atoms with Crippen molar-refractivity contribution in [2.45, 2.75) is 13.3 Å². The van der Waals surface area contributed by atoms with Gasteiger partial charge < -0.3 is 10.6 Å². The smallest absolute Gasteiger partial charge is 0.139 e. The summed E-state index contributed by atoms with van der Waals surface area (Å²) in [6.07, 6.45) is 2.96. The van der Waals surface area contributed by atoms with Crippen LogP contribution in [0.15, 0.2) is 18.3 Å². The molecule has 1 fully saturated rings. The van der Waals surface area contributed by atoms with E-state index in [2.05, 4.69) is 21.7 Å². The molecular formula is C13H21N5. The van der Waals surface area contributed by atoms with Gasteiger partial charge in [-0.25, -0.2) is 4.98 Å². The van der Waals surface area contributed by atoms with Crippen molar-refractivity contribution in [2.24, 2.45) is 5.73 Å². The van der Waals surface area contributed by atoms with E-state index in [1.807, 2.05) is 12.1 Å². The SMILES string of the molecule is CCCN1CCN(c2ncccc2C(=N)N)CC1. The Bertz CT molecular complexity index is 410. The lowest BCUT2D eigenvalue weighted by molar-refractivity contribution is 0.258. The molecule has 0 spiro atoms. The van der Waals surface area contributed by atoms with Crippen LogP contribution in [0.1, 0.15) is 18.9 Å². The second-order valence-electron chi connectivity index (χ2n) is 4.62. The van der Waals surface area contributed by atoms with Crippen LogP contribution in [-0.4, -0.2) is 48.4 Å². The van der Waals surface area contributed by atoms with Gasteiger partial charge in [0.25, 0.3) is 0 Å². The Morgan fingerprint density at radius 2 is 2.11 bits per heavy atom. The Hall–Kier alpha value is -1.62. The molecule has 0 aliphatic carbocycles. The number of rotatable bonds is 4. The van der Waals surface area contributed by atoms with E-state index in [4.69, 9.17) is 11.1 Å². The molecule has 98 valence electrons. The quantitative estimate of drug-likeness (QED) is 0.612. The van der Waals surface area contributed by atoms with Gasteiger partial charge in [-0.15, -0.1) is 0 Å². The Labute approximate surface area is 108 Å². The van der Waals surface area contributed by atoms with E-state index in [1.54, 1.807) is 6.20 Å². The summed E-state index contributed by atoms with van der Waals surface area (Å²) < 4.78 is 0. The third-order valence-corrected chi connectivity index (χ3v) is 3.29. The number of piperazine rings is 1.